The van der Waals surface area contributed by atoms with Crippen molar-refractivity contribution in [2.75, 3.05) is 12.4 Å². The number of hydrogen-bond acceptors (Lipinski definition) is 6. The Morgan fingerprint density at radius 3 is 2.32 bits per heavy atom. The number of nitrogens with one attached hydrogen (secondary N) is 1. The molecule has 0 bridgehead atoms. The maximum atomic E-state index is 12.6. The molecule has 3 N–H and O–H groups in total. The highest BCUT2D eigenvalue weighted by molar-refractivity contribution is 9.11. The number of benzene rings is 2. The zero-order valence-corrected chi connectivity index (χ0v) is 19.6. The first kappa shape index (κ1) is 24.6. The molecule has 10 heteroatoms. The molecule has 0 heterocycles. The first-order valence-corrected chi connectivity index (χ1v) is 10.4. The van der Waals surface area contributed by atoms with Gasteiger partial charge in [0.15, 0.2) is 11.9 Å². The summed E-state index contributed by atoms with van der Waals surface area (Å²) in [5, 5.41) is 22.0. The number of amides is 1. The van der Waals surface area contributed by atoms with Gasteiger partial charge in [-0.25, -0.2) is 9.59 Å². The van der Waals surface area contributed by atoms with Gasteiger partial charge in [0.05, 0.1) is 4.47 Å². The number of halogens is 2. The molecule has 0 spiro atoms. The van der Waals surface area contributed by atoms with Gasteiger partial charge in [-0.3, -0.25) is 10.1 Å². The second-order valence-electron chi connectivity index (χ2n) is 6.31. The third-order valence-electron chi connectivity index (χ3n) is 4.14. The Morgan fingerprint density at radius 1 is 1.13 bits per heavy atom. The largest absolute Gasteiger partial charge is 0.506 e. The molecule has 0 saturated heterocycles. The molecule has 0 saturated carbocycles. The summed E-state index contributed by atoms with van der Waals surface area (Å²) in [5.41, 5.74) is 1.05. The number of methoxy groups -OCH3 is 1. The molecule has 0 fully saturated rings. The van der Waals surface area contributed by atoms with E-state index in [-0.39, 0.29) is 17.1 Å². The van der Waals surface area contributed by atoms with Crippen LogP contribution in [0.2, 0.25) is 0 Å². The van der Waals surface area contributed by atoms with Crippen molar-refractivity contribution in [3.8, 4) is 5.75 Å². The van der Waals surface area contributed by atoms with E-state index in [0.29, 0.717) is 20.2 Å². The first-order valence-electron chi connectivity index (χ1n) is 8.82. The molecule has 0 aliphatic carbocycles. The van der Waals surface area contributed by atoms with Gasteiger partial charge in [-0.2, -0.15) is 0 Å². The smallest absolute Gasteiger partial charge is 0.412 e. The predicted octanol–water partition coefficient (Wildman–Crippen LogP) is 5.07. The molecule has 1 amide bonds. The molecule has 0 aliphatic rings. The van der Waals surface area contributed by atoms with Gasteiger partial charge in [0.25, 0.3) is 0 Å². The number of ether oxygens (including phenoxy) is 2. The fourth-order valence-corrected chi connectivity index (χ4v) is 3.90. The zero-order chi connectivity index (χ0) is 23.1. The number of hydrogen-bond donors (Lipinski definition) is 3. The van der Waals surface area contributed by atoms with Crippen molar-refractivity contribution in [1.82, 2.24) is 0 Å². The molecule has 0 aliphatic heterocycles. The summed E-state index contributed by atoms with van der Waals surface area (Å²) in [4.78, 5) is 34.9. The van der Waals surface area contributed by atoms with Gasteiger partial charge in [0.1, 0.15) is 11.9 Å². The molecule has 2 atom stereocenters. The van der Waals surface area contributed by atoms with E-state index in [1.54, 1.807) is 18.2 Å². The lowest BCUT2D eigenvalue weighted by Gasteiger charge is -2.25. The average Bonchev–Trinajstić information content (AvgIpc) is 2.70. The molecule has 2 rings (SSSR count). The Balaban J connectivity index is 2.34. The fourth-order valence-electron chi connectivity index (χ4n) is 2.64. The summed E-state index contributed by atoms with van der Waals surface area (Å²) in [5.74, 6) is -1.52. The lowest BCUT2D eigenvalue weighted by molar-refractivity contribution is -0.131. The number of carbonyl (C=O) groups excluding carboxylic acids is 2. The summed E-state index contributed by atoms with van der Waals surface area (Å²) in [7, 11) is 1.32. The maximum absolute atomic E-state index is 12.6. The number of anilines is 1. The third kappa shape index (κ3) is 6.91. The van der Waals surface area contributed by atoms with Gasteiger partial charge in [0.2, 0.25) is 0 Å². The quantitative estimate of drug-likeness (QED) is 0.306. The minimum absolute atomic E-state index is 0.113. The van der Waals surface area contributed by atoms with Gasteiger partial charge < -0.3 is 19.7 Å². The number of carboxylic acids is 1. The second-order valence-corrected chi connectivity index (χ2v) is 8.08. The highest BCUT2D eigenvalue weighted by atomic mass is 79.9. The summed E-state index contributed by atoms with van der Waals surface area (Å²) in [6, 6.07) is 9.32. The Morgan fingerprint density at radius 2 is 1.77 bits per heavy atom. The van der Waals surface area contributed by atoms with Crippen molar-refractivity contribution in [1.29, 1.82) is 0 Å². The number of phenolic OH excluding ortho intramolecular Hbond substituents is 1. The van der Waals surface area contributed by atoms with E-state index in [1.165, 1.54) is 38.3 Å². The van der Waals surface area contributed by atoms with Crippen LogP contribution in [0, 0.1) is 0 Å². The fraction of sp³-hybridized carbons (Fsp3) is 0.190. The van der Waals surface area contributed by atoms with Crippen LogP contribution >= 0.6 is 31.9 Å². The molecule has 8 nitrogen and oxygen atoms in total. The molecule has 164 valence electrons. The Hall–Kier alpha value is -2.69. The zero-order valence-electron chi connectivity index (χ0n) is 16.5. The summed E-state index contributed by atoms with van der Waals surface area (Å²) >= 11 is 6.53. The topological polar surface area (TPSA) is 122 Å². The van der Waals surface area contributed by atoms with E-state index >= 15 is 0 Å². The third-order valence-corrected chi connectivity index (χ3v) is 5.20. The predicted molar refractivity (Wildman–Crippen MR) is 120 cm³/mol. The van der Waals surface area contributed by atoms with Crippen molar-refractivity contribution in [2.45, 2.75) is 19.1 Å². The average molecular weight is 557 g/mol. The standard InChI is InChI=1S/C21H19Br2NO7/c1-11(25)12-3-5-14(6-4-12)24-21(29)31-20(17(30-2)7-8-18(26)27)15-9-13(22)10-16(23)19(15)28/h3-10,17,20,28H,1-2H3,(H,24,29)(H,26,27)/b8-7+/t17-,20-/m0/s1. The van der Waals surface area contributed by atoms with Crippen LogP contribution in [0.5, 0.6) is 5.75 Å². The lowest BCUT2D eigenvalue weighted by Crippen LogP contribution is -2.27. The molecular formula is C21H19Br2NO7. The number of carboxylic acid groups (broad SMARTS) is 1. The molecule has 2 aromatic rings. The molecule has 2 aromatic carbocycles. The monoisotopic (exact) mass is 555 g/mol. The molecule has 0 aromatic heterocycles. The minimum atomic E-state index is -1.21. The van der Waals surface area contributed by atoms with Crippen LogP contribution < -0.4 is 5.32 Å². The van der Waals surface area contributed by atoms with Gasteiger partial charge in [-0.1, -0.05) is 15.9 Å². The van der Waals surface area contributed by atoms with Crippen LogP contribution in [0.3, 0.4) is 0 Å². The second kappa shape index (κ2) is 11.1. The Bertz CT molecular complexity index is 1010. The van der Waals surface area contributed by atoms with Crippen molar-refractivity contribution in [2.24, 2.45) is 0 Å². The van der Waals surface area contributed by atoms with Crippen molar-refractivity contribution < 1.29 is 34.1 Å². The molecular weight excluding hydrogens is 538 g/mol. The number of phenols is 1. The summed E-state index contributed by atoms with van der Waals surface area (Å²) < 4.78 is 11.7. The van der Waals surface area contributed by atoms with Crippen LogP contribution in [0.15, 0.2) is 57.5 Å². The Labute approximate surface area is 195 Å². The van der Waals surface area contributed by atoms with E-state index in [2.05, 4.69) is 37.2 Å². The van der Waals surface area contributed by atoms with Crippen molar-refractivity contribution in [3.63, 3.8) is 0 Å². The van der Waals surface area contributed by atoms with Crippen molar-refractivity contribution >= 4 is 55.4 Å². The van der Waals surface area contributed by atoms with Crippen LogP contribution in [0.1, 0.15) is 28.9 Å². The van der Waals surface area contributed by atoms with E-state index < -0.39 is 24.3 Å². The van der Waals surface area contributed by atoms with E-state index in [1.807, 2.05) is 0 Å². The maximum Gasteiger partial charge on any atom is 0.412 e. The van der Waals surface area contributed by atoms with Crippen LogP contribution in [0.4, 0.5) is 10.5 Å². The Kier molecular flexibility index (Phi) is 8.78. The number of ketones is 1. The van der Waals surface area contributed by atoms with Gasteiger partial charge >= 0.3 is 12.1 Å². The SMILES string of the molecule is CO[C@@H](/C=C/C(=O)O)[C@@H](OC(=O)Nc1ccc(C(C)=O)cc1)c1cc(Br)cc(Br)c1O. The highest BCUT2D eigenvalue weighted by Crippen LogP contribution is 2.39. The van der Waals surface area contributed by atoms with Crippen LogP contribution in [-0.2, 0) is 14.3 Å². The van der Waals surface area contributed by atoms with Crippen LogP contribution in [0.25, 0.3) is 0 Å². The van der Waals surface area contributed by atoms with Crippen molar-refractivity contribution in [3.05, 3.63) is 68.6 Å². The van der Waals surface area contributed by atoms with E-state index in [9.17, 15) is 19.5 Å². The number of aliphatic carboxylic acids is 1. The summed E-state index contributed by atoms with van der Waals surface area (Å²) in [6.45, 7) is 1.43. The molecule has 0 unspecified atom stereocenters. The number of aromatic hydroxyl groups is 1. The van der Waals surface area contributed by atoms with Gasteiger partial charge in [-0.15, -0.1) is 0 Å². The van der Waals surface area contributed by atoms with E-state index in [4.69, 9.17) is 14.6 Å². The summed E-state index contributed by atoms with van der Waals surface area (Å²) in [6.07, 6.45) is -1.02. The lowest BCUT2D eigenvalue weighted by atomic mass is 10.0. The van der Waals surface area contributed by atoms with Gasteiger partial charge in [-0.05, 0) is 65.3 Å². The normalized spacial score (nSPS) is 12.9. The highest BCUT2D eigenvalue weighted by Gasteiger charge is 2.29. The first-order chi connectivity index (χ1) is 14.6. The molecule has 31 heavy (non-hydrogen) atoms. The van der Waals surface area contributed by atoms with Gasteiger partial charge in [0, 0.05) is 34.5 Å². The molecule has 0 radical (unpaired) electrons. The number of Topliss-reactive ketones (excluding diaryl/α,β-unsaturated/α-hetero) is 1. The number of rotatable bonds is 8. The van der Waals surface area contributed by atoms with Crippen LogP contribution in [-0.4, -0.2) is 41.3 Å². The van der Waals surface area contributed by atoms with E-state index in [0.717, 1.165) is 6.08 Å². The minimum Gasteiger partial charge on any atom is -0.506 e. The number of carbonyl (C=O) groups is 3.